The summed E-state index contributed by atoms with van der Waals surface area (Å²) in [5.41, 5.74) is 3.52. The molecule has 26 heavy (non-hydrogen) atoms. The molecule has 0 spiro atoms. The van der Waals surface area contributed by atoms with E-state index in [0.29, 0.717) is 12.2 Å². The van der Waals surface area contributed by atoms with Crippen LogP contribution in [-0.2, 0) is 24.1 Å². The molecule has 1 fully saturated rings. The van der Waals surface area contributed by atoms with Gasteiger partial charge in [-0.15, -0.1) is 0 Å². The van der Waals surface area contributed by atoms with E-state index in [9.17, 15) is 4.79 Å². The summed E-state index contributed by atoms with van der Waals surface area (Å²) < 4.78 is 5.36. The SMILES string of the molecule is O=C(NCc1ccc(N2CCOCC2)nc1)c1ncnc2c1CCCC2. The maximum absolute atomic E-state index is 12.6. The number of carbonyl (C=O) groups excluding carboxylic acids is 1. The number of ether oxygens (including phenoxy) is 1. The maximum atomic E-state index is 12.6. The van der Waals surface area contributed by atoms with Crippen LogP contribution in [-0.4, -0.2) is 47.2 Å². The number of amides is 1. The van der Waals surface area contributed by atoms with Gasteiger partial charge >= 0.3 is 0 Å². The van der Waals surface area contributed by atoms with Crippen molar-refractivity contribution in [2.24, 2.45) is 0 Å². The number of pyridine rings is 1. The number of fused-ring (bicyclic) bond motifs is 1. The Hall–Kier alpha value is -2.54. The molecule has 2 aromatic heterocycles. The zero-order valence-corrected chi connectivity index (χ0v) is 14.8. The van der Waals surface area contributed by atoms with Crippen molar-refractivity contribution in [2.75, 3.05) is 31.2 Å². The van der Waals surface area contributed by atoms with E-state index >= 15 is 0 Å². The smallest absolute Gasteiger partial charge is 0.270 e. The van der Waals surface area contributed by atoms with Crippen molar-refractivity contribution in [2.45, 2.75) is 32.2 Å². The van der Waals surface area contributed by atoms with Crippen LogP contribution in [0.2, 0.25) is 0 Å². The van der Waals surface area contributed by atoms with Crippen LogP contribution in [0.4, 0.5) is 5.82 Å². The highest BCUT2D eigenvalue weighted by atomic mass is 16.5. The molecule has 7 nitrogen and oxygen atoms in total. The molecule has 1 N–H and O–H groups in total. The lowest BCUT2D eigenvalue weighted by Gasteiger charge is -2.27. The largest absolute Gasteiger partial charge is 0.378 e. The molecule has 7 heteroatoms. The monoisotopic (exact) mass is 353 g/mol. The van der Waals surface area contributed by atoms with Gasteiger partial charge in [-0.05, 0) is 37.3 Å². The molecule has 4 rings (SSSR count). The molecule has 1 aliphatic heterocycles. The quantitative estimate of drug-likeness (QED) is 0.898. The summed E-state index contributed by atoms with van der Waals surface area (Å²) in [5.74, 6) is 0.816. The van der Waals surface area contributed by atoms with Gasteiger partial charge in [0.1, 0.15) is 17.8 Å². The number of hydrogen-bond donors (Lipinski definition) is 1. The standard InChI is InChI=1S/C19H23N5O2/c25-19(18-15-3-1-2-4-16(15)22-13-23-18)21-12-14-5-6-17(20-11-14)24-7-9-26-10-8-24/h5-6,11,13H,1-4,7-10,12H2,(H,21,25). The van der Waals surface area contributed by atoms with Crippen LogP contribution >= 0.6 is 0 Å². The van der Waals surface area contributed by atoms with Gasteiger partial charge in [-0.25, -0.2) is 15.0 Å². The average Bonchev–Trinajstić information content (AvgIpc) is 2.72. The van der Waals surface area contributed by atoms with Crippen LogP contribution in [0.1, 0.15) is 40.2 Å². The summed E-state index contributed by atoms with van der Waals surface area (Å²) >= 11 is 0. The summed E-state index contributed by atoms with van der Waals surface area (Å²) in [5, 5.41) is 2.96. The number of anilines is 1. The van der Waals surface area contributed by atoms with Crippen molar-refractivity contribution in [3.63, 3.8) is 0 Å². The predicted molar refractivity (Wildman–Crippen MR) is 97.1 cm³/mol. The summed E-state index contributed by atoms with van der Waals surface area (Å²) in [7, 11) is 0. The number of hydrogen-bond acceptors (Lipinski definition) is 6. The number of carbonyl (C=O) groups is 1. The Morgan fingerprint density at radius 2 is 1.96 bits per heavy atom. The van der Waals surface area contributed by atoms with E-state index in [1.165, 1.54) is 6.33 Å². The molecule has 2 aliphatic rings. The van der Waals surface area contributed by atoms with Gasteiger partial charge in [0, 0.05) is 37.1 Å². The van der Waals surface area contributed by atoms with Gasteiger partial charge < -0.3 is 15.0 Å². The minimum absolute atomic E-state index is 0.136. The fourth-order valence-corrected chi connectivity index (χ4v) is 3.48. The molecule has 0 saturated carbocycles. The molecule has 0 aromatic carbocycles. The van der Waals surface area contributed by atoms with Gasteiger partial charge in [-0.3, -0.25) is 4.79 Å². The Kier molecular flexibility index (Phi) is 5.06. The third kappa shape index (κ3) is 3.67. The third-order valence-corrected chi connectivity index (χ3v) is 4.94. The van der Waals surface area contributed by atoms with E-state index in [1.807, 2.05) is 18.3 Å². The highest BCUT2D eigenvalue weighted by molar-refractivity contribution is 5.93. The highest BCUT2D eigenvalue weighted by Gasteiger charge is 2.20. The van der Waals surface area contributed by atoms with Crippen molar-refractivity contribution >= 4 is 11.7 Å². The van der Waals surface area contributed by atoms with Gasteiger partial charge in [-0.1, -0.05) is 6.07 Å². The minimum atomic E-state index is -0.136. The lowest BCUT2D eigenvalue weighted by molar-refractivity contribution is 0.0944. The first-order valence-corrected chi connectivity index (χ1v) is 9.20. The summed E-state index contributed by atoms with van der Waals surface area (Å²) in [6, 6.07) is 4.01. The van der Waals surface area contributed by atoms with Crippen LogP contribution in [0, 0.1) is 0 Å². The lowest BCUT2D eigenvalue weighted by atomic mass is 9.94. The Labute approximate surface area is 152 Å². The molecule has 3 heterocycles. The molecule has 1 aliphatic carbocycles. The highest BCUT2D eigenvalue weighted by Crippen LogP contribution is 2.21. The van der Waals surface area contributed by atoms with Crippen LogP contribution in [0.15, 0.2) is 24.7 Å². The molecule has 0 bridgehead atoms. The van der Waals surface area contributed by atoms with Gasteiger partial charge in [0.2, 0.25) is 0 Å². The number of morpholine rings is 1. The normalized spacial score (nSPS) is 16.8. The van der Waals surface area contributed by atoms with E-state index < -0.39 is 0 Å². The van der Waals surface area contributed by atoms with E-state index in [0.717, 1.165) is 74.6 Å². The Bertz CT molecular complexity index is 772. The Morgan fingerprint density at radius 1 is 1.12 bits per heavy atom. The van der Waals surface area contributed by atoms with Crippen LogP contribution in [0.25, 0.3) is 0 Å². The molecule has 136 valence electrons. The van der Waals surface area contributed by atoms with Crippen LogP contribution in [0.3, 0.4) is 0 Å². The molecule has 0 unspecified atom stereocenters. The fourth-order valence-electron chi connectivity index (χ4n) is 3.48. The van der Waals surface area contributed by atoms with Gasteiger partial charge in [-0.2, -0.15) is 0 Å². The van der Waals surface area contributed by atoms with Gasteiger partial charge in [0.15, 0.2) is 0 Å². The number of rotatable bonds is 4. The van der Waals surface area contributed by atoms with Crippen molar-refractivity contribution in [3.05, 3.63) is 47.2 Å². The average molecular weight is 353 g/mol. The molecule has 0 atom stereocenters. The first kappa shape index (κ1) is 16.9. The zero-order valence-electron chi connectivity index (χ0n) is 14.8. The third-order valence-electron chi connectivity index (χ3n) is 4.94. The van der Waals surface area contributed by atoms with E-state index in [2.05, 4.69) is 25.2 Å². The van der Waals surface area contributed by atoms with Crippen molar-refractivity contribution in [3.8, 4) is 0 Å². The number of aryl methyl sites for hydroxylation is 1. The maximum Gasteiger partial charge on any atom is 0.270 e. The second-order valence-electron chi connectivity index (χ2n) is 6.66. The molecular formula is C19H23N5O2. The van der Waals surface area contributed by atoms with Crippen molar-refractivity contribution in [1.82, 2.24) is 20.3 Å². The van der Waals surface area contributed by atoms with E-state index in [-0.39, 0.29) is 5.91 Å². The first-order valence-electron chi connectivity index (χ1n) is 9.20. The number of nitrogens with one attached hydrogen (secondary N) is 1. The second kappa shape index (κ2) is 7.78. The van der Waals surface area contributed by atoms with Gasteiger partial charge in [0.05, 0.1) is 13.2 Å². The Balaban J connectivity index is 1.39. The second-order valence-corrected chi connectivity index (χ2v) is 6.66. The topological polar surface area (TPSA) is 80.2 Å². The summed E-state index contributed by atoms with van der Waals surface area (Å²) in [6.45, 7) is 3.64. The number of nitrogens with zero attached hydrogens (tertiary/aromatic N) is 4. The van der Waals surface area contributed by atoms with Crippen molar-refractivity contribution < 1.29 is 9.53 Å². The molecule has 1 saturated heterocycles. The molecule has 0 radical (unpaired) electrons. The van der Waals surface area contributed by atoms with Crippen LogP contribution in [0.5, 0.6) is 0 Å². The van der Waals surface area contributed by atoms with Crippen molar-refractivity contribution in [1.29, 1.82) is 0 Å². The predicted octanol–water partition coefficient (Wildman–Crippen LogP) is 1.52. The summed E-state index contributed by atoms with van der Waals surface area (Å²) in [4.78, 5) is 27.8. The molecule has 1 amide bonds. The minimum Gasteiger partial charge on any atom is -0.378 e. The molecule has 2 aromatic rings. The first-order chi connectivity index (χ1) is 12.8. The molecular weight excluding hydrogens is 330 g/mol. The van der Waals surface area contributed by atoms with Gasteiger partial charge in [0.25, 0.3) is 5.91 Å². The van der Waals surface area contributed by atoms with E-state index in [1.54, 1.807) is 0 Å². The van der Waals surface area contributed by atoms with E-state index in [4.69, 9.17) is 4.74 Å². The summed E-state index contributed by atoms with van der Waals surface area (Å²) in [6.07, 6.45) is 7.36. The zero-order chi connectivity index (χ0) is 17.8. The van der Waals surface area contributed by atoms with Crippen LogP contribution < -0.4 is 10.2 Å². The fraction of sp³-hybridized carbons (Fsp3) is 0.474. The lowest BCUT2D eigenvalue weighted by Crippen LogP contribution is -2.36. The number of aromatic nitrogens is 3. The Morgan fingerprint density at radius 3 is 2.77 bits per heavy atom.